The smallest absolute Gasteiger partial charge is 0.205 e. The summed E-state index contributed by atoms with van der Waals surface area (Å²) in [5.41, 5.74) is 1.15. The molecule has 1 aromatic carbocycles. The van der Waals surface area contributed by atoms with Gasteiger partial charge in [0.05, 0.1) is 13.7 Å². The maximum atomic E-state index is 5.79. The summed E-state index contributed by atoms with van der Waals surface area (Å²) in [6.07, 6.45) is 1.78. The molecule has 0 atom stereocenters. The van der Waals surface area contributed by atoms with Gasteiger partial charge in [0.2, 0.25) is 5.13 Å². The number of halogens is 1. The summed E-state index contributed by atoms with van der Waals surface area (Å²) in [7, 11) is 1.67. The van der Waals surface area contributed by atoms with Gasteiger partial charge in [0.25, 0.3) is 0 Å². The van der Waals surface area contributed by atoms with Crippen LogP contribution in [0.15, 0.2) is 29.3 Å². The Bertz CT molecular complexity index is 809. The molecule has 1 aliphatic rings. The molecule has 0 saturated carbocycles. The van der Waals surface area contributed by atoms with Crippen LogP contribution in [0.5, 0.6) is 5.75 Å². The van der Waals surface area contributed by atoms with E-state index >= 15 is 0 Å². The number of guanidine groups is 1. The van der Waals surface area contributed by atoms with Gasteiger partial charge in [0, 0.05) is 63.8 Å². The lowest BCUT2D eigenvalue weighted by Crippen LogP contribution is -2.52. The highest BCUT2D eigenvalue weighted by molar-refractivity contribution is 14.0. The third-order valence-electron chi connectivity index (χ3n) is 5.09. The molecule has 0 aliphatic carbocycles. The number of nitrogens with zero attached hydrogens (tertiary/aromatic N) is 5. The number of benzene rings is 1. The van der Waals surface area contributed by atoms with Gasteiger partial charge in [-0.2, -0.15) is 4.37 Å². The molecule has 0 spiro atoms. The molecule has 2 heterocycles. The maximum Gasteiger partial charge on any atom is 0.205 e. The van der Waals surface area contributed by atoms with Crippen LogP contribution in [-0.2, 0) is 17.8 Å². The lowest BCUT2D eigenvalue weighted by atomic mass is 10.2. The molecule has 178 valence electrons. The second kappa shape index (κ2) is 14.5. The molecule has 1 saturated heterocycles. The number of rotatable bonds is 10. The van der Waals surface area contributed by atoms with Crippen LogP contribution in [0.1, 0.15) is 31.7 Å². The van der Waals surface area contributed by atoms with E-state index in [0.29, 0.717) is 13.2 Å². The lowest BCUT2D eigenvalue weighted by molar-refractivity contribution is 0.120. The number of aromatic nitrogens is 2. The Morgan fingerprint density at radius 1 is 1.16 bits per heavy atom. The number of piperazine rings is 1. The molecule has 2 aromatic rings. The van der Waals surface area contributed by atoms with Crippen molar-refractivity contribution >= 4 is 46.6 Å². The number of ether oxygens (including phenoxy) is 2. The minimum atomic E-state index is 0. The normalized spacial score (nSPS) is 14.3. The first-order valence-corrected chi connectivity index (χ1v) is 11.8. The van der Waals surface area contributed by atoms with Gasteiger partial charge in [-0.25, -0.2) is 4.98 Å². The van der Waals surface area contributed by atoms with E-state index in [4.69, 9.17) is 14.5 Å². The molecular formula is C22H35IN6O2S. The molecule has 1 fully saturated rings. The Morgan fingerprint density at radius 3 is 2.53 bits per heavy atom. The molecule has 10 heteroatoms. The minimum absolute atomic E-state index is 0. The molecule has 32 heavy (non-hydrogen) atoms. The topological polar surface area (TPSA) is 75.1 Å². The summed E-state index contributed by atoms with van der Waals surface area (Å²) in [6.45, 7) is 10.9. The second-order valence-corrected chi connectivity index (χ2v) is 8.04. The molecular weight excluding hydrogens is 539 g/mol. The van der Waals surface area contributed by atoms with E-state index in [-0.39, 0.29) is 24.0 Å². The van der Waals surface area contributed by atoms with E-state index in [1.165, 1.54) is 11.5 Å². The van der Waals surface area contributed by atoms with E-state index < -0.39 is 0 Å². The third kappa shape index (κ3) is 8.04. The molecule has 3 rings (SSSR count). The fourth-order valence-corrected chi connectivity index (χ4v) is 4.12. The van der Waals surface area contributed by atoms with Crippen molar-refractivity contribution in [2.24, 2.45) is 4.99 Å². The van der Waals surface area contributed by atoms with Crippen LogP contribution in [0.25, 0.3) is 0 Å². The highest BCUT2D eigenvalue weighted by atomic mass is 127. The summed E-state index contributed by atoms with van der Waals surface area (Å²) in [6, 6.07) is 7.98. The molecule has 0 bridgehead atoms. The summed E-state index contributed by atoms with van der Waals surface area (Å²) >= 11 is 1.50. The predicted molar refractivity (Wildman–Crippen MR) is 142 cm³/mol. The first-order valence-electron chi connectivity index (χ1n) is 11.0. The highest BCUT2D eigenvalue weighted by Crippen LogP contribution is 2.19. The summed E-state index contributed by atoms with van der Waals surface area (Å²) in [5, 5.41) is 4.46. The van der Waals surface area contributed by atoms with Gasteiger partial charge in [-0.05, 0) is 31.0 Å². The number of hydrogen-bond acceptors (Lipinski definition) is 7. The Morgan fingerprint density at radius 2 is 1.91 bits per heavy atom. The summed E-state index contributed by atoms with van der Waals surface area (Å²) in [5.74, 6) is 2.79. The van der Waals surface area contributed by atoms with Crippen molar-refractivity contribution in [3.05, 3.63) is 35.7 Å². The predicted octanol–water partition coefficient (Wildman–Crippen LogP) is 3.42. The number of hydrogen-bond donors (Lipinski definition) is 1. The number of aryl methyl sites for hydroxylation is 1. The molecule has 1 aromatic heterocycles. The molecule has 1 aliphatic heterocycles. The van der Waals surface area contributed by atoms with Crippen molar-refractivity contribution in [2.45, 2.75) is 33.3 Å². The molecule has 1 N–H and O–H groups in total. The Balaban J connectivity index is 0.00000363. The average molecular weight is 575 g/mol. The first-order chi connectivity index (χ1) is 15.2. The van der Waals surface area contributed by atoms with Crippen molar-refractivity contribution < 1.29 is 9.47 Å². The Kier molecular flexibility index (Phi) is 12.0. The van der Waals surface area contributed by atoms with Crippen LogP contribution < -0.4 is 15.0 Å². The average Bonchev–Trinajstić information content (AvgIpc) is 3.30. The fourth-order valence-electron chi connectivity index (χ4n) is 3.32. The van der Waals surface area contributed by atoms with Crippen LogP contribution in [0.4, 0.5) is 5.13 Å². The van der Waals surface area contributed by atoms with Gasteiger partial charge in [-0.1, -0.05) is 19.1 Å². The summed E-state index contributed by atoms with van der Waals surface area (Å²) in [4.78, 5) is 14.1. The van der Waals surface area contributed by atoms with E-state index in [2.05, 4.69) is 38.3 Å². The number of anilines is 1. The largest absolute Gasteiger partial charge is 0.497 e. The zero-order valence-corrected chi connectivity index (χ0v) is 22.4. The van der Waals surface area contributed by atoms with Crippen molar-refractivity contribution in [3.8, 4) is 5.75 Å². The van der Waals surface area contributed by atoms with Crippen molar-refractivity contribution in [3.63, 3.8) is 0 Å². The number of nitrogens with one attached hydrogen (secondary N) is 1. The third-order valence-corrected chi connectivity index (χ3v) is 5.91. The van der Waals surface area contributed by atoms with Gasteiger partial charge < -0.3 is 24.6 Å². The Hall–Kier alpha value is -1.66. The number of methoxy groups -OCH3 is 1. The van der Waals surface area contributed by atoms with E-state index in [1.807, 2.05) is 24.3 Å². The van der Waals surface area contributed by atoms with Crippen LogP contribution in [0, 0.1) is 0 Å². The van der Waals surface area contributed by atoms with Crippen LogP contribution in [0.3, 0.4) is 0 Å². The maximum absolute atomic E-state index is 5.79. The SMILES string of the molecule is CCNC(=NCCCOCc1ccc(OC)cc1)N1CCN(c2nc(CC)ns2)CC1.I. The van der Waals surface area contributed by atoms with E-state index in [9.17, 15) is 0 Å². The second-order valence-electron chi connectivity index (χ2n) is 7.31. The molecule has 0 amide bonds. The van der Waals surface area contributed by atoms with Crippen LogP contribution >= 0.6 is 35.5 Å². The standard InChI is InChI=1S/C22H34N6O2S.HI/c1-4-20-25-22(31-26-20)28-14-12-27(13-15-28)21(23-5-2)24-11-6-16-30-17-18-7-9-19(29-3)10-8-18;/h7-10H,4-6,11-17H2,1-3H3,(H,23,24);1H. The fraction of sp³-hybridized carbons (Fsp3) is 0.591. The zero-order chi connectivity index (χ0) is 21.9. The van der Waals surface area contributed by atoms with E-state index in [0.717, 1.165) is 80.3 Å². The first kappa shape index (κ1) is 26.6. The van der Waals surface area contributed by atoms with Crippen LogP contribution in [0.2, 0.25) is 0 Å². The lowest BCUT2D eigenvalue weighted by Gasteiger charge is -2.36. The van der Waals surface area contributed by atoms with Gasteiger partial charge in [-0.15, -0.1) is 24.0 Å². The molecule has 0 radical (unpaired) electrons. The van der Waals surface area contributed by atoms with Crippen LogP contribution in [-0.4, -0.2) is 73.2 Å². The van der Waals surface area contributed by atoms with Gasteiger partial charge in [-0.3, -0.25) is 4.99 Å². The van der Waals surface area contributed by atoms with Crippen molar-refractivity contribution in [1.29, 1.82) is 0 Å². The minimum Gasteiger partial charge on any atom is -0.497 e. The van der Waals surface area contributed by atoms with E-state index in [1.54, 1.807) is 7.11 Å². The zero-order valence-electron chi connectivity index (χ0n) is 19.2. The van der Waals surface area contributed by atoms with Gasteiger partial charge in [0.15, 0.2) is 5.96 Å². The monoisotopic (exact) mass is 574 g/mol. The van der Waals surface area contributed by atoms with Crippen molar-refractivity contribution in [2.75, 3.05) is 57.9 Å². The van der Waals surface area contributed by atoms with Crippen molar-refractivity contribution in [1.82, 2.24) is 19.6 Å². The number of aliphatic imine (C=N–C) groups is 1. The quantitative estimate of drug-likeness (QED) is 0.202. The van der Waals surface area contributed by atoms with Gasteiger partial charge in [0.1, 0.15) is 11.6 Å². The molecule has 8 nitrogen and oxygen atoms in total. The Labute approximate surface area is 212 Å². The summed E-state index contributed by atoms with van der Waals surface area (Å²) < 4.78 is 15.4. The van der Waals surface area contributed by atoms with Gasteiger partial charge >= 0.3 is 0 Å². The molecule has 0 unspecified atom stereocenters. The highest BCUT2D eigenvalue weighted by Gasteiger charge is 2.21.